The molecule has 0 atom stereocenters. The largest absolute Gasteiger partial charge is 0.379 e. The van der Waals surface area contributed by atoms with Gasteiger partial charge in [-0.3, -0.25) is 10.1 Å². The molecule has 2 aromatic rings. The van der Waals surface area contributed by atoms with Gasteiger partial charge in [0.2, 0.25) is 11.7 Å². The van der Waals surface area contributed by atoms with Crippen LogP contribution in [0.3, 0.4) is 0 Å². The number of nitrogens with one attached hydrogen (secondary N) is 1. The van der Waals surface area contributed by atoms with Gasteiger partial charge in [0.05, 0.1) is 4.92 Å². The molecule has 0 bridgehead atoms. The number of nitrogens with zero attached hydrogens (tertiary/aromatic N) is 3. The first kappa shape index (κ1) is 12.0. The molecule has 0 aliphatic heterocycles. The summed E-state index contributed by atoms with van der Waals surface area (Å²) in [5.74, 6) is -0.468. The van der Waals surface area contributed by atoms with Crippen molar-refractivity contribution in [3.63, 3.8) is 0 Å². The highest BCUT2D eigenvalue weighted by Gasteiger charge is 2.19. The highest BCUT2D eigenvalue weighted by molar-refractivity contribution is 5.61. The van der Waals surface area contributed by atoms with E-state index in [4.69, 9.17) is 4.52 Å². The summed E-state index contributed by atoms with van der Waals surface area (Å²) >= 11 is 0. The zero-order chi connectivity index (χ0) is 13.0. The number of para-hydroxylation sites is 1. The topological polar surface area (TPSA) is 94.1 Å². The number of halogens is 1. The van der Waals surface area contributed by atoms with E-state index in [2.05, 4.69) is 15.5 Å². The minimum absolute atomic E-state index is 0.125. The molecular weight excluding hydrogens is 243 g/mol. The molecule has 0 spiro atoms. The van der Waals surface area contributed by atoms with Gasteiger partial charge in [-0.2, -0.15) is 9.37 Å². The third-order valence-corrected chi connectivity index (χ3v) is 2.23. The molecule has 0 aliphatic rings. The van der Waals surface area contributed by atoms with E-state index in [1.54, 1.807) is 0 Å². The average Bonchev–Trinajstić information content (AvgIpc) is 2.81. The molecule has 0 saturated heterocycles. The number of benzene rings is 1. The quantitative estimate of drug-likeness (QED) is 0.643. The molecule has 94 valence electrons. The smallest absolute Gasteiger partial charge is 0.327 e. The van der Waals surface area contributed by atoms with Crippen molar-refractivity contribution >= 4 is 11.4 Å². The fraction of sp³-hybridized carbons (Fsp3) is 0.200. The van der Waals surface area contributed by atoms with Gasteiger partial charge in [-0.15, -0.1) is 0 Å². The van der Waals surface area contributed by atoms with E-state index < -0.39 is 16.4 Å². The minimum Gasteiger partial charge on any atom is -0.379 e. The summed E-state index contributed by atoms with van der Waals surface area (Å²) in [6.07, 6.45) is 1.66. The average molecular weight is 252 g/mol. The highest BCUT2D eigenvalue weighted by Crippen LogP contribution is 2.26. The maximum atomic E-state index is 13.3. The normalized spacial score (nSPS) is 10.3. The summed E-state index contributed by atoms with van der Waals surface area (Å²) in [6.45, 7) is 0.326. The molecule has 8 heteroatoms. The number of hydrogen-bond donors (Lipinski definition) is 1. The first-order valence-corrected chi connectivity index (χ1v) is 5.11. The molecule has 2 rings (SSSR count). The maximum Gasteiger partial charge on any atom is 0.327 e. The molecular formula is C10H9FN4O3. The Labute approximate surface area is 101 Å². The van der Waals surface area contributed by atoms with Crippen LogP contribution in [-0.2, 0) is 6.42 Å². The maximum absolute atomic E-state index is 13.3. The van der Waals surface area contributed by atoms with Crippen LogP contribution < -0.4 is 5.32 Å². The molecule has 0 unspecified atom stereocenters. The number of rotatable bonds is 5. The second kappa shape index (κ2) is 5.21. The molecule has 1 heterocycles. The van der Waals surface area contributed by atoms with Crippen molar-refractivity contribution in [2.45, 2.75) is 6.42 Å². The zero-order valence-corrected chi connectivity index (χ0v) is 9.17. The van der Waals surface area contributed by atoms with Gasteiger partial charge in [-0.05, 0) is 12.1 Å². The Bertz CT molecular complexity index is 544. The van der Waals surface area contributed by atoms with E-state index >= 15 is 0 Å². The number of aromatic nitrogens is 2. The van der Waals surface area contributed by atoms with E-state index in [1.807, 2.05) is 0 Å². The van der Waals surface area contributed by atoms with Gasteiger partial charge < -0.3 is 9.84 Å². The first-order chi connectivity index (χ1) is 8.68. The lowest BCUT2D eigenvalue weighted by molar-refractivity contribution is -0.386. The molecule has 0 radical (unpaired) electrons. The summed E-state index contributed by atoms with van der Waals surface area (Å²) in [4.78, 5) is 13.8. The van der Waals surface area contributed by atoms with Crippen LogP contribution in [0.2, 0.25) is 0 Å². The van der Waals surface area contributed by atoms with E-state index in [1.165, 1.54) is 18.5 Å². The van der Waals surface area contributed by atoms with Crippen molar-refractivity contribution in [3.8, 4) is 0 Å². The van der Waals surface area contributed by atoms with Gasteiger partial charge in [0.25, 0.3) is 0 Å². The third kappa shape index (κ3) is 2.59. The monoisotopic (exact) mass is 252 g/mol. The van der Waals surface area contributed by atoms with Gasteiger partial charge in [-0.1, -0.05) is 11.2 Å². The van der Waals surface area contributed by atoms with E-state index in [-0.39, 0.29) is 5.69 Å². The molecule has 18 heavy (non-hydrogen) atoms. The molecule has 0 aliphatic carbocycles. The van der Waals surface area contributed by atoms with Crippen molar-refractivity contribution in [1.82, 2.24) is 10.1 Å². The second-order valence-electron chi connectivity index (χ2n) is 3.40. The lowest BCUT2D eigenvalue weighted by Gasteiger charge is -2.05. The lowest BCUT2D eigenvalue weighted by atomic mass is 10.2. The Morgan fingerprint density at radius 2 is 2.33 bits per heavy atom. The second-order valence-corrected chi connectivity index (χ2v) is 3.40. The number of hydrogen-bond acceptors (Lipinski definition) is 6. The Morgan fingerprint density at radius 1 is 1.50 bits per heavy atom. The van der Waals surface area contributed by atoms with Crippen LogP contribution in [0.1, 0.15) is 5.89 Å². The van der Waals surface area contributed by atoms with Crippen LogP contribution in [0.25, 0.3) is 0 Å². The summed E-state index contributed by atoms with van der Waals surface area (Å²) in [5.41, 5.74) is -0.442. The Balaban J connectivity index is 2.05. The van der Waals surface area contributed by atoms with Crippen molar-refractivity contribution in [2.24, 2.45) is 0 Å². The highest BCUT2D eigenvalue weighted by atomic mass is 19.1. The summed E-state index contributed by atoms with van der Waals surface area (Å²) < 4.78 is 18.0. The molecule has 1 aromatic carbocycles. The molecule has 0 amide bonds. The SMILES string of the molecule is O=[N+]([O-])c1c(F)cccc1NCCc1ncno1. The number of anilines is 1. The third-order valence-electron chi connectivity index (χ3n) is 2.23. The number of nitro groups is 1. The Hall–Kier alpha value is -2.51. The summed E-state index contributed by atoms with van der Waals surface area (Å²) in [5, 5.41) is 16.9. The predicted molar refractivity (Wildman–Crippen MR) is 59.5 cm³/mol. The van der Waals surface area contributed by atoms with E-state index in [9.17, 15) is 14.5 Å². The van der Waals surface area contributed by atoms with Crippen LogP contribution >= 0.6 is 0 Å². The van der Waals surface area contributed by atoms with Crippen LogP contribution in [0.5, 0.6) is 0 Å². The van der Waals surface area contributed by atoms with Gasteiger partial charge >= 0.3 is 5.69 Å². The van der Waals surface area contributed by atoms with Gasteiger partial charge in [-0.25, -0.2) is 0 Å². The Morgan fingerprint density at radius 3 is 3.00 bits per heavy atom. The molecule has 0 fully saturated rings. The van der Waals surface area contributed by atoms with E-state index in [0.29, 0.717) is 18.9 Å². The van der Waals surface area contributed by atoms with Gasteiger partial charge in [0, 0.05) is 13.0 Å². The van der Waals surface area contributed by atoms with Crippen molar-refractivity contribution in [3.05, 3.63) is 46.3 Å². The summed E-state index contributed by atoms with van der Waals surface area (Å²) in [7, 11) is 0. The molecule has 7 nitrogen and oxygen atoms in total. The van der Waals surface area contributed by atoms with Gasteiger partial charge in [0.1, 0.15) is 5.69 Å². The zero-order valence-electron chi connectivity index (χ0n) is 9.17. The fourth-order valence-corrected chi connectivity index (χ4v) is 1.45. The number of nitro benzene ring substituents is 1. The molecule has 1 aromatic heterocycles. The van der Waals surface area contributed by atoms with Crippen LogP contribution in [0, 0.1) is 15.9 Å². The van der Waals surface area contributed by atoms with Crippen molar-refractivity contribution in [1.29, 1.82) is 0 Å². The fourth-order valence-electron chi connectivity index (χ4n) is 1.45. The minimum atomic E-state index is -0.872. The summed E-state index contributed by atoms with van der Waals surface area (Å²) in [6, 6.07) is 3.88. The standard InChI is InChI=1S/C10H9FN4O3/c11-7-2-1-3-8(10(7)15(16)17)12-5-4-9-13-6-14-18-9/h1-3,6,12H,4-5H2. The predicted octanol–water partition coefficient (Wildman–Crippen LogP) is 1.77. The Kier molecular flexibility index (Phi) is 3.46. The van der Waals surface area contributed by atoms with Crippen molar-refractivity contribution < 1.29 is 13.8 Å². The van der Waals surface area contributed by atoms with Crippen LogP contribution in [0.4, 0.5) is 15.8 Å². The molecule has 1 N–H and O–H groups in total. The van der Waals surface area contributed by atoms with E-state index in [0.717, 1.165) is 6.07 Å². The van der Waals surface area contributed by atoms with Crippen LogP contribution in [0.15, 0.2) is 29.0 Å². The first-order valence-electron chi connectivity index (χ1n) is 5.11. The lowest BCUT2D eigenvalue weighted by Crippen LogP contribution is -2.08. The molecule has 0 saturated carbocycles. The van der Waals surface area contributed by atoms with Gasteiger partial charge in [0.15, 0.2) is 6.33 Å². The van der Waals surface area contributed by atoms with Crippen molar-refractivity contribution in [2.75, 3.05) is 11.9 Å². The van der Waals surface area contributed by atoms with Crippen LogP contribution in [-0.4, -0.2) is 21.6 Å².